The summed E-state index contributed by atoms with van der Waals surface area (Å²) in [5.74, 6) is -1.47. The van der Waals surface area contributed by atoms with E-state index in [1.807, 2.05) is 24.3 Å². The molecule has 1 unspecified atom stereocenters. The summed E-state index contributed by atoms with van der Waals surface area (Å²) in [5, 5.41) is 10.7. The summed E-state index contributed by atoms with van der Waals surface area (Å²) in [6.45, 7) is 0. The highest BCUT2D eigenvalue weighted by atomic mass is 32.1. The fourth-order valence-electron chi connectivity index (χ4n) is 2.10. The summed E-state index contributed by atoms with van der Waals surface area (Å²) in [5.41, 5.74) is 0.528. The topological polar surface area (TPSA) is 33.1 Å². The summed E-state index contributed by atoms with van der Waals surface area (Å²) >= 11 is 1.42. The van der Waals surface area contributed by atoms with E-state index in [2.05, 4.69) is 4.98 Å². The Morgan fingerprint density at radius 2 is 1.75 bits per heavy atom. The molecule has 0 aliphatic carbocycles. The van der Waals surface area contributed by atoms with Gasteiger partial charge in [-0.05, 0) is 24.3 Å². The third-order valence-electron chi connectivity index (χ3n) is 3.04. The number of hydrogen-bond donors (Lipinski definition) is 1. The minimum absolute atomic E-state index is 0.0944. The van der Waals surface area contributed by atoms with Crippen LogP contribution in [0.3, 0.4) is 0 Å². The van der Waals surface area contributed by atoms with Crippen LogP contribution in [0.25, 0.3) is 10.2 Å². The van der Waals surface area contributed by atoms with Crippen LogP contribution in [0.2, 0.25) is 0 Å². The molecule has 0 radical (unpaired) electrons. The van der Waals surface area contributed by atoms with E-state index in [1.165, 1.54) is 17.4 Å². The van der Waals surface area contributed by atoms with Gasteiger partial charge in [0.25, 0.3) is 0 Å². The Kier molecular flexibility index (Phi) is 3.46. The fraction of sp³-hybridized carbons (Fsp3) is 0.133. The van der Waals surface area contributed by atoms with Crippen molar-refractivity contribution < 1.29 is 13.9 Å². The number of aliphatic hydroxyl groups is 1. The number of fused-ring (bicyclic) bond motifs is 1. The second-order valence-electron chi connectivity index (χ2n) is 4.43. The van der Waals surface area contributed by atoms with Gasteiger partial charge in [-0.3, -0.25) is 0 Å². The highest BCUT2D eigenvalue weighted by Gasteiger charge is 2.19. The van der Waals surface area contributed by atoms with Gasteiger partial charge in [0, 0.05) is 6.42 Å². The third kappa shape index (κ3) is 2.42. The fourth-order valence-corrected chi connectivity index (χ4v) is 3.11. The second-order valence-corrected chi connectivity index (χ2v) is 5.55. The first kappa shape index (κ1) is 13.1. The van der Waals surface area contributed by atoms with E-state index in [9.17, 15) is 13.9 Å². The van der Waals surface area contributed by atoms with E-state index >= 15 is 0 Å². The monoisotopic (exact) mass is 291 g/mol. The molecule has 0 fully saturated rings. The summed E-state index contributed by atoms with van der Waals surface area (Å²) in [6.07, 6.45) is -1.14. The Labute approximate surface area is 118 Å². The number of halogens is 2. The van der Waals surface area contributed by atoms with Crippen molar-refractivity contribution >= 4 is 21.6 Å². The van der Waals surface area contributed by atoms with Crippen LogP contribution in [0.1, 0.15) is 16.7 Å². The smallest absolute Gasteiger partial charge is 0.131 e. The lowest BCUT2D eigenvalue weighted by atomic mass is 10.1. The Morgan fingerprint density at radius 3 is 2.45 bits per heavy atom. The van der Waals surface area contributed by atoms with Crippen molar-refractivity contribution in [3.63, 3.8) is 0 Å². The summed E-state index contributed by atoms with van der Waals surface area (Å²) in [4.78, 5) is 4.35. The Bertz CT molecular complexity index is 703. The maximum absolute atomic E-state index is 13.6. The lowest BCUT2D eigenvalue weighted by Crippen LogP contribution is -2.07. The molecule has 0 spiro atoms. The lowest BCUT2D eigenvalue weighted by molar-refractivity contribution is 0.168. The molecule has 3 aromatic rings. The zero-order valence-electron chi connectivity index (χ0n) is 10.4. The summed E-state index contributed by atoms with van der Waals surface area (Å²) in [7, 11) is 0. The van der Waals surface area contributed by atoms with Crippen LogP contribution in [-0.2, 0) is 6.42 Å². The molecule has 1 heterocycles. The van der Waals surface area contributed by atoms with Gasteiger partial charge < -0.3 is 5.11 Å². The quantitative estimate of drug-likeness (QED) is 0.795. The number of nitrogens with zero attached hydrogens (tertiary/aromatic N) is 1. The van der Waals surface area contributed by atoms with Crippen LogP contribution >= 0.6 is 11.3 Å². The highest BCUT2D eigenvalue weighted by molar-refractivity contribution is 7.18. The average Bonchev–Trinajstić information content (AvgIpc) is 2.80. The van der Waals surface area contributed by atoms with Gasteiger partial charge >= 0.3 is 0 Å². The molecule has 0 amide bonds. The number of aromatic nitrogens is 1. The molecule has 1 atom stereocenters. The van der Waals surface area contributed by atoms with Gasteiger partial charge in [-0.25, -0.2) is 13.8 Å². The van der Waals surface area contributed by atoms with Crippen molar-refractivity contribution in [2.24, 2.45) is 0 Å². The van der Waals surface area contributed by atoms with Crippen molar-refractivity contribution in [3.05, 3.63) is 64.7 Å². The second kappa shape index (κ2) is 5.26. The van der Waals surface area contributed by atoms with E-state index < -0.39 is 17.7 Å². The first-order valence-corrected chi connectivity index (χ1v) is 6.93. The maximum atomic E-state index is 13.6. The van der Waals surface area contributed by atoms with Gasteiger partial charge in [0.15, 0.2) is 0 Å². The molecule has 102 valence electrons. The number of para-hydroxylation sites is 1. The van der Waals surface area contributed by atoms with E-state index in [0.717, 1.165) is 22.3 Å². The number of aliphatic hydroxyl groups excluding tert-OH is 1. The molecule has 0 bridgehead atoms. The van der Waals surface area contributed by atoms with Crippen LogP contribution in [0, 0.1) is 11.6 Å². The zero-order valence-corrected chi connectivity index (χ0v) is 11.2. The van der Waals surface area contributed by atoms with E-state index in [0.29, 0.717) is 5.01 Å². The number of rotatable bonds is 3. The van der Waals surface area contributed by atoms with Crippen molar-refractivity contribution in [2.75, 3.05) is 0 Å². The Morgan fingerprint density at radius 1 is 1.05 bits per heavy atom. The first-order chi connectivity index (χ1) is 9.65. The summed E-state index contributed by atoms with van der Waals surface area (Å²) in [6, 6.07) is 11.1. The van der Waals surface area contributed by atoms with E-state index in [-0.39, 0.29) is 12.0 Å². The van der Waals surface area contributed by atoms with E-state index in [1.54, 1.807) is 0 Å². The molecule has 1 N–H and O–H groups in total. The molecular weight excluding hydrogens is 280 g/mol. The largest absolute Gasteiger partial charge is 0.388 e. The summed E-state index contributed by atoms with van der Waals surface area (Å²) < 4.78 is 28.2. The molecule has 2 nitrogen and oxygen atoms in total. The minimum atomic E-state index is -1.24. The van der Waals surface area contributed by atoms with Crippen molar-refractivity contribution in [2.45, 2.75) is 12.5 Å². The predicted octanol–water partition coefficient (Wildman–Crippen LogP) is 3.85. The van der Waals surface area contributed by atoms with Crippen LogP contribution in [0.5, 0.6) is 0 Å². The molecule has 0 saturated carbocycles. The molecule has 20 heavy (non-hydrogen) atoms. The molecule has 0 saturated heterocycles. The molecule has 0 aliphatic heterocycles. The molecule has 2 aromatic carbocycles. The lowest BCUT2D eigenvalue weighted by Gasteiger charge is -2.11. The molecule has 5 heteroatoms. The zero-order chi connectivity index (χ0) is 14.1. The Hall–Kier alpha value is -1.85. The number of hydrogen-bond acceptors (Lipinski definition) is 3. The average molecular weight is 291 g/mol. The molecule has 3 rings (SSSR count). The van der Waals surface area contributed by atoms with Gasteiger partial charge in [0.2, 0.25) is 0 Å². The third-order valence-corrected chi connectivity index (χ3v) is 4.10. The number of thiazole rings is 1. The van der Waals surface area contributed by atoms with Crippen molar-refractivity contribution in [1.82, 2.24) is 4.98 Å². The van der Waals surface area contributed by atoms with Gasteiger partial charge in [-0.1, -0.05) is 18.2 Å². The highest BCUT2D eigenvalue weighted by Crippen LogP contribution is 2.28. The van der Waals surface area contributed by atoms with Gasteiger partial charge in [0.05, 0.1) is 26.9 Å². The number of benzene rings is 2. The van der Waals surface area contributed by atoms with Gasteiger partial charge in [-0.15, -0.1) is 11.3 Å². The van der Waals surface area contributed by atoms with Crippen molar-refractivity contribution in [3.8, 4) is 0 Å². The normalized spacial score (nSPS) is 12.8. The minimum Gasteiger partial charge on any atom is -0.388 e. The van der Waals surface area contributed by atoms with Gasteiger partial charge in [0.1, 0.15) is 11.6 Å². The van der Waals surface area contributed by atoms with Crippen LogP contribution < -0.4 is 0 Å². The Balaban J connectivity index is 1.90. The molecular formula is C15H11F2NOS. The maximum Gasteiger partial charge on any atom is 0.131 e. The van der Waals surface area contributed by atoms with Gasteiger partial charge in [-0.2, -0.15) is 0 Å². The van der Waals surface area contributed by atoms with Crippen LogP contribution in [0.4, 0.5) is 8.78 Å². The van der Waals surface area contributed by atoms with Crippen molar-refractivity contribution in [1.29, 1.82) is 0 Å². The molecule has 1 aromatic heterocycles. The van der Waals surface area contributed by atoms with Crippen LogP contribution in [0.15, 0.2) is 42.5 Å². The predicted molar refractivity (Wildman–Crippen MR) is 74.6 cm³/mol. The van der Waals surface area contributed by atoms with Crippen LogP contribution in [-0.4, -0.2) is 10.1 Å². The first-order valence-electron chi connectivity index (χ1n) is 6.11. The molecule has 0 aliphatic rings. The van der Waals surface area contributed by atoms with E-state index in [4.69, 9.17) is 0 Å². The SMILES string of the molecule is OC(Cc1nc2ccccc2s1)c1c(F)cccc1F. The standard InChI is InChI=1S/C15H11F2NOS/c16-9-4-3-5-10(17)15(9)12(19)8-14-18-11-6-1-2-7-13(11)20-14/h1-7,12,19H,8H2.